The zero-order chi connectivity index (χ0) is 33.4. The number of likely N-dealkylation sites (N-methyl/N-ethyl adjacent to an activating group) is 1. The van der Waals surface area contributed by atoms with Gasteiger partial charge in [0.15, 0.2) is 0 Å². The molecule has 252 valence electrons. The van der Waals surface area contributed by atoms with Gasteiger partial charge in [0.2, 0.25) is 21.7 Å². The van der Waals surface area contributed by atoms with Gasteiger partial charge < -0.3 is 29.6 Å². The molecule has 0 radical (unpaired) electrons. The smallest absolute Gasteiger partial charge is 0.232 e. The average Bonchev–Trinajstić information content (AvgIpc) is 3.57. The lowest BCUT2D eigenvalue weighted by Gasteiger charge is -2.42. The first-order chi connectivity index (χ1) is 23.2. The number of hydrogen-bond acceptors (Lipinski definition) is 13. The summed E-state index contributed by atoms with van der Waals surface area (Å²) in [4.78, 5) is 25.6. The lowest BCUT2D eigenvalue weighted by atomic mass is 10.0. The number of methoxy groups -OCH3 is 1. The van der Waals surface area contributed by atoms with Crippen LogP contribution in [0.2, 0.25) is 0 Å². The lowest BCUT2D eigenvalue weighted by molar-refractivity contribution is 0.0982. The van der Waals surface area contributed by atoms with Gasteiger partial charge in [-0.2, -0.15) is 9.97 Å². The molecule has 5 aromatic rings. The van der Waals surface area contributed by atoms with Gasteiger partial charge in [-0.05, 0) is 50.2 Å². The maximum Gasteiger partial charge on any atom is 0.232 e. The summed E-state index contributed by atoms with van der Waals surface area (Å²) in [7, 11) is 1.70. The minimum Gasteiger partial charge on any atom is -0.494 e. The summed E-state index contributed by atoms with van der Waals surface area (Å²) in [5, 5.41) is 7.24. The summed E-state index contributed by atoms with van der Waals surface area (Å²) < 4.78 is 38.0. The van der Waals surface area contributed by atoms with Crippen molar-refractivity contribution in [3.8, 4) is 5.75 Å². The van der Waals surface area contributed by atoms with Crippen LogP contribution in [0.4, 0.5) is 34.5 Å². The molecule has 48 heavy (non-hydrogen) atoms. The van der Waals surface area contributed by atoms with Crippen LogP contribution in [0.1, 0.15) is 12.8 Å². The lowest BCUT2D eigenvalue weighted by Crippen LogP contribution is -2.52. The predicted molar refractivity (Wildman–Crippen MR) is 188 cm³/mol. The van der Waals surface area contributed by atoms with Crippen molar-refractivity contribution >= 4 is 66.7 Å². The van der Waals surface area contributed by atoms with E-state index in [1.807, 2.05) is 12.1 Å². The maximum atomic E-state index is 12.7. The molecule has 2 fully saturated rings. The van der Waals surface area contributed by atoms with Crippen molar-refractivity contribution in [2.24, 2.45) is 0 Å². The maximum absolute atomic E-state index is 12.7. The number of nitrogens with one attached hydrogen (secondary N) is 2. The highest BCUT2D eigenvalue weighted by Gasteiger charge is 2.27. The van der Waals surface area contributed by atoms with E-state index < -0.39 is 10.0 Å². The Morgan fingerprint density at radius 3 is 2.44 bits per heavy atom. The number of fused-ring (bicyclic) bond motifs is 2. The molecule has 2 N–H and O–H groups in total. The van der Waals surface area contributed by atoms with E-state index in [0.29, 0.717) is 56.8 Å². The van der Waals surface area contributed by atoms with Gasteiger partial charge in [-0.3, -0.25) is 19.2 Å². The third-order valence-electron chi connectivity index (χ3n) is 9.32. The molecule has 14 nitrogen and oxygen atoms in total. The molecule has 2 aliphatic rings. The second-order valence-electron chi connectivity index (χ2n) is 12.3. The van der Waals surface area contributed by atoms with Crippen LogP contribution < -0.4 is 24.6 Å². The van der Waals surface area contributed by atoms with E-state index in [-0.39, 0.29) is 5.95 Å². The summed E-state index contributed by atoms with van der Waals surface area (Å²) >= 11 is 0. The Morgan fingerprint density at radius 2 is 1.69 bits per heavy atom. The van der Waals surface area contributed by atoms with Crippen LogP contribution in [-0.4, -0.2) is 111 Å². The SMILES string of the molecule is COc1cc(N2CCC(N3CCN(C)CC3)CC2)ccc1Nc1nc(Nc2ccc3nccnc3c2N(C)S(C)(=O)=O)c2ccoc2n1. The molecule has 7 rings (SSSR count). The van der Waals surface area contributed by atoms with Crippen molar-refractivity contribution < 1.29 is 17.6 Å². The van der Waals surface area contributed by atoms with Gasteiger partial charge >= 0.3 is 0 Å². The fourth-order valence-electron chi connectivity index (χ4n) is 6.52. The van der Waals surface area contributed by atoms with Crippen molar-refractivity contribution in [1.82, 2.24) is 29.7 Å². The molecule has 0 bridgehead atoms. The molecular weight excluding hydrogens is 632 g/mol. The topological polar surface area (TPSA) is 145 Å². The number of aromatic nitrogens is 4. The Balaban J connectivity index is 1.14. The summed E-state index contributed by atoms with van der Waals surface area (Å²) in [6, 6.07) is 12.0. The number of furan rings is 1. The van der Waals surface area contributed by atoms with E-state index in [0.717, 1.165) is 64.1 Å². The Kier molecular flexibility index (Phi) is 8.66. The van der Waals surface area contributed by atoms with Crippen LogP contribution in [0.15, 0.2) is 59.5 Å². The first kappa shape index (κ1) is 31.8. The molecule has 0 atom stereocenters. The molecule has 15 heteroatoms. The van der Waals surface area contributed by atoms with Crippen molar-refractivity contribution in [2.45, 2.75) is 18.9 Å². The first-order valence-electron chi connectivity index (χ1n) is 16.0. The van der Waals surface area contributed by atoms with Gasteiger partial charge in [-0.15, -0.1) is 0 Å². The van der Waals surface area contributed by atoms with Crippen LogP contribution >= 0.6 is 0 Å². The van der Waals surface area contributed by atoms with Gasteiger partial charge in [-0.1, -0.05) is 0 Å². The number of piperidine rings is 1. The second kappa shape index (κ2) is 13.1. The predicted octanol–water partition coefficient (Wildman–Crippen LogP) is 4.27. The zero-order valence-electron chi connectivity index (χ0n) is 27.5. The quantitative estimate of drug-likeness (QED) is 0.230. The molecule has 0 saturated carbocycles. The highest BCUT2D eigenvalue weighted by molar-refractivity contribution is 7.92. The van der Waals surface area contributed by atoms with Crippen molar-refractivity contribution in [1.29, 1.82) is 0 Å². The van der Waals surface area contributed by atoms with Gasteiger partial charge in [0.1, 0.15) is 22.8 Å². The highest BCUT2D eigenvalue weighted by Crippen LogP contribution is 2.38. The normalized spacial score (nSPS) is 16.8. The van der Waals surface area contributed by atoms with E-state index in [1.54, 1.807) is 31.5 Å². The second-order valence-corrected chi connectivity index (χ2v) is 14.4. The van der Waals surface area contributed by atoms with Crippen molar-refractivity contribution in [2.75, 3.05) is 86.6 Å². The number of anilines is 6. The molecule has 3 aromatic heterocycles. The van der Waals surface area contributed by atoms with E-state index in [4.69, 9.17) is 14.1 Å². The van der Waals surface area contributed by atoms with Gasteiger partial charge in [-0.25, -0.2) is 8.42 Å². The van der Waals surface area contributed by atoms with Crippen LogP contribution in [0, 0.1) is 0 Å². The van der Waals surface area contributed by atoms with E-state index in [2.05, 4.69) is 53.4 Å². The highest BCUT2D eigenvalue weighted by atomic mass is 32.2. The fraction of sp³-hybridized carbons (Fsp3) is 0.394. The molecule has 2 aliphatic heterocycles. The Labute approximate surface area is 279 Å². The van der Waals surface area contributed by atoms with Crippen LogP contribution in [0.25, 0.3) is 22.1 Å². The van der Waals surface area contributed by atoms with E-state index in [9.17, 15) is 8.42 Å². The average molecular weight is 673 g/mol. The number of ether oxygens (including phenoxy) is 1. The van der Waals surface area contributed by atoms with Crippen molar-refractivity contribution in [3.63, 3.8) is 0 Å². The van der Waals surface area contributed by atoms with Gasteiger partial charge in [0, 0.05) is 76.5 Å². The summed E-state index contributed by atoms with van der Waals surface area (Å²) in [6.45, 7) is 6.57. The number of piperazine rings is 1. The standard InChI is InChI=1S/C33H40N10O4S/c1-40-16-18-43(19-17-40)22-9-14-42(15-10-22)23-5-6-25(28(21-23)46-3)37-33-38-31(24-11-20-47-32(24)39-33)36-27-8-7-26-29(35-13-12-34-26)30(27)41(2)48(4,44)45/h5-8,11-13,20-22H,9-10,14-19H2,1-4H3,(H2,36,37,38,39). The molecule has 2 saturated heterocycles. The number of hydrogen-bond donors (Lipinski definition) is 2. The molecule has 2 aromatic carbocycles. The van der Waals surface area contributed by atoms with Crippen LogP contribution in [0.5, 0.6) is 5.75 Å². The Morgan fingerprint density at radius 1 is 0.938 bits per heavy atom. The molecule has 0 unspecified atom stereocenters. The monoisotopic (exact) mass is 672 g/mol. The number of nitrogens with zero attached hydrogens (tertiary/aromatic N) is 8. The minimum atomic E-state index is -3.63. The van der Waals surface area contributed by atoms with Crippen molar-refractivity contribution in [3.05, 3.63) is 55.1 Å². The van der Waals surface area contributed by atoms with Crippen LogP contribution in [0.3, 0.4) is 0 Å². The van der Waals surface area contributed by atoms with Gasteiger partial charge in [0.05, 0.1) is 41.9 Å². The summed E-state index contributed by atoms with van der Waals surface area (Å²) in [6.07, 6.45) is 8.06. The summed E-state index contributed by atoms with van der Waals surface area (Å²) in [5.41, 5.74) is 3.97. The number of benzene rings is 2. The third-order valence-corrected chi connectivity index (χ3v) is 10.5. The Bertz CT molecular complexity index is 2040. The van der Waals surface area contributed by atoms with Crippen LogP contribution in [-0.2, 0) is 10.0 Å². The van der Waals surface area contributed by atoms with Gasteiger partial charge in [0.25, 0.3) is 0 Å². The number of rotatable bonds is 9. The first-order valence-corrected chi connectivity index (χ1v) is 17.9. The fourth-order valence-corrected chi connectivity index (χ4v) is 7.03. The molecule has 0 amide bonds. The molecule has 0 aliphatic carbocycles. The number of sulfonamides is 1. The van der Waals surface area contributed by atoms with E-state index in [1.165, 1.54) is 23.8 Å². The molecule has 5 heterocycles. The molecule has 0 spiro atoms. The van der Waals surface area contributed by atoms with E-state index >= 15 is 0 Å². The molecular formula is C33H40N10O4S. The third kappa shape index (κ3) is 6.40. The largest absolute Gasteiger partial charge is 0.494 e. The minimum absolute atomic E-state index is 0.276. The zero-order valence-corrected chi connectivity index (χ0v) is 28.4. The summed E-state index contributed by atoms with van der Waals surface area (Å²) in [5.74, 6) is 1.36. The Hall–Kier alpha value is -4.73.